The molecule has 0 saturated carbocycles. The van der Waals surface area contributed by atoms with Crippen LogP contribution in [0.4, 0.5) is 0 Å². The van der Waals surface area contributed by atoms with Crippen molar-refractivity contribution in [3.63, 3.8) is 0 Å². The summed E-state index contributed by atoms with van der Waals surface area (Å²) in [7, 11) is 0. The fourth-order valence-corrected chi connectivity index (χ4v) is 1.17. The van der Waals surface area contributed by atoms with E-state index >= 15 is 0 Å². The molecule has 0 spiro atoms. The van der Waals surface area contributed by atoms with Crippen molar-refractivity contribution >= 4 is 23.7 Å². The van der Waals surface area contributed by atoms with Crippen LogP contribution in [0.15, 0.2) is 29.4 Å². The van der Waals surface area contributed by atoms with E-state index in [9.17, 15) is 0 Å². The highest BCUT2D eigenvalue weighted by Gasteiger charge is 1.94. The Bertz CT molecular complexity index is 322. The molecule has 0 amide bonds. The van der Waals surface area contributed by atoms with Gasteiger partial charge in [-0.25, -0.2) is 4.98 Å². The van der Waals surface area contributed by atoms with Crippen molar-refractivity contribution in [1.29, 1.82) is 0 Å². The molecule has 1 heterocycles. The highest BCUT2D eigenvalue weighted by molar-refractivity contribution is 7.80. The smallest absolute Gasteiger partial charge is 0.163 e. The zero-order valence-electron chi connectivity index (χ0n) is 5.91. The van der Waals surface area contributed by atoms with E-state index in [4.69, 9.17) is 0 Å². The minimum atomic E-state index is 0. The Morgan fingerprint density at radius 2 is 2.00 bits per heavy atom. The summed E-state index contributed by atoms with van der Waals surface area (Å²) in [6, 6.07) is 7.84. The van der Waals surface area contributed by atoms with Crippen molar-refractivity contribution in [2.75, 3.05) is 0 Å². The fraction of sp³-hybridized carbons (Fsp3) is 0. The lowest BCUT2D eigenvalue weighted by Gasteiger charge is -1.81. The van der Waals surface area contributed by atoms with Gasteiger partial charge in [-0.2, -0.15) is 0 Å². The normalized spacial score (nSPS) is 9.55. The van der Waals surface area contributed by atoms with Crippen LogP contribution in [0.25, 0.3) is 11.0 Å². The molecule has 3 nitrogen and oxygen atoms in total. The van der Waals surface area contributed by atoms with Gasteiger partial charge in [0.25, 0.3) is 0 Å². The van der Waals surface area contributed by atoms with Crippen LogP contribution in [0.3, 0.4) is 0 Å². The third kappa shape index (κ3) is 1.36. The zero-order chi connectivity index (χ0) is 6.97. The number of thiol groups is 1. The number of fused-ring (bicyclic) bond motifs is 1. The molecule has 1 aromatic heterocycles. The number of aromatic nitrogens is 2. The molecular weight excluding hydrogens is 158 g/mol. The van der Waals surface area contributed by atoms with Crippen molar-refractivity contribution in [3.05, 3.63) is 24.3 Å². The molecule has 2 rings (SSSR count). The van der Waals surface area contributed by atoms with Gasteiger partial charge in [0.15, 0.2) is 5.16 Å². The topological polar surface area (TPSA) is 63.7 Å². The van der Waals surface area contributed by atoms with E-state index in [1.807, 2.05) is 24.3 Å². The van der Waals surface area contributed by atoms with Crippen molar-refractivity contribution in [2.24, 2.45) is 0 Å². The van der Waals surface area contributed by atoms with E-state index in [0.29, 0.717) is 5.16 Å². The summed E-state index contributed by atoms with van der Waals surface area (Å²) in [5, 5.41) is 0.668. The number of aromatic amines is 1. The fourth-order valence-electron chi connectivity index (χ4n) is 0.939. The number of rotatable bonds is 0. The van der Waals surface area contributed by atoms with Crippen LogP contribution in [0.1, 0.15) is 0 Å². The monoisotopic (exact) mass is 167 g/mol. The summed E-state index contributed by atoms with van der Waals surface area (Å²) >= 11 is 4.08. The Balaban J connectivity index is 0.000000605. The van der Waals surface area contributed by atoms with Crippen LogP contribution in [-0.2, 0) is 0 Å². The minimum Gasteiger partial charge on any atom is -0.344 e. The summed E-state index contributed by atoms with van der Waals surface area (Å²) in [5.41, 5.74) is 2.00. The maximum atomic E-state index is 4.12. The van der Waals surface area contributed by atoms with Gasteiger partial charge in [-0.3, -0.25) is 0 Å². The van der Waals surface area contributed by atoms with Gasteiger partial charge >= 0.3 is 0 Å². The summed E-state index contributed by atoms with van der Waals surface area (Å²) in [6.45, 7) is 0. The maximum absolute atomic E-state index is 4.12. The largest absolute Gasteiger partial charge is 0.344 e. The first-order chi connectivity index (χ1) is 4.86. The van der Waals surface area contributed by atoms with Crippen LogP contribution < -0.4 is 6.15 Å². The third-order valence-electron chi connectivity index (χ3n) is 1.38. The molecule has 0 aliphatic heterocycles. The maximum Gasteiger partial charge on any atom is 0.163 e. The molecule has 4 heteroatoms. The summed E-state index contributed by atoms with van der Waals surface area (Å²) in [4.78, 5) is 7.13. The number of nitrogens with zero attached hydrogens (tertiary/aromatic N) is 1. The number of para-hydroxylation sites is 2. The molecule has 0 unspecified atom stereocenters. The van der Waals surface area contributed by atoms with Gasteiger partial charge in [0.1, 0.15) is 0 Å². The Morgan fingerprint density at radius 3 is 2.73 bits per heavy atom. The van der Waals surface area contributed by atoms with Gasteiger partial charge < -0.3 is 11.1 Å². The first-order valence-electron chi connectivity index (χ1n) is 3.00. The lowest BCUT2D eigenvalue weighted by atomic mass is 10.3. The quantitative estimate of drug-likeness (QED) is 0.525. The first kappa shape index (κ1) is 8.10. The molecule has 0 aliphatic rings. The Labute approximate surface area is 69.8 Å². The Hall–Kier alpha value is -1.00. The van der Waals surface area contributed by atoms with Crippen LogP contribution in [0.5, 0.6) is 0 Å². The molecule has 4 N–H and O–H groups in total. The average molecular weight is 167 g/mol. The van der Waals surface area contributed by atoms with Crippen LogP contribution >= 0.6 is 12.6 Å². The van der Waals surface area contributed by atoms with Crippen molar-refractivity contribution < 1.29 is 0 Å². The lowest BCUT2D eigenvalue weighted by Crippen LogP contribution is -1.63. The lowest BCUT2D eigenvalue weighted by molar-refractivity contribution is 1.09. The summed E-state index contributed by atoms with van der Waals surface area (Å²) in [5.74, 6) is 0. The predicted octanol–water partition coefficient (Wildman–Crippen LogP) is 2.01. The van der Waals surface area contributed by atoms with Gasteiger partial charge in [0, 0.05) is 0 Å². The van der Waals surface area contributed by atoms with E-state index in [-0.39, 0.29) is 6.15 Å². The Kier molecular flexibility index (Phi) is 2.16. The minimum absolute atomic E-state index is 0. The molecule has 0 radical (unpaired) electrons. The average Bonchev–Trinajstić information content (AvgIpc) is 2.27. The zero-order valence-corrected chi connectivity index (χ0v) is 6.81. The van der Waals surface area contributed by atoms with Crippen LogP contribution in [0, 0.1) is 0 Å². The van der Waals surface area contributed by atoms with Crippen LogP contribution in [-0.4, -0.2) is 9.97 Å². The standard InChI is InChI=1S/C7H6N2S.H3N/c10-7-8-5-3-1-2-4-6(5)9-7;/h1-4H,(H2,8,9,10);1H3. The number of hydrogen-bond donors (Lipinski definition) is 3. The summed E-state index contributed by atoms with van der Waals surface area (Å²) < 4.78 is 0. The van der Waals surface area contributed by atoms with E-state index in [1.54, 1.807) is 0 Å². The molecule has 0 fully saturated rings. The second-order valence-electron chi connectivity index (χ2n) is 2.08. The number of benzene rings is 1. The van der Waals surface area contributed by atoms with Gasteiger partial charge in [-0.05, 0) is 12.1 Å². The molecule has 1 aromatic carbocycles. The number of imidazole rings is 1. The van der Waals surface area contributed by atoms with E-state index in [0.717, 1.165) is 11.0 Å². The number of hydrogen-bond acceptors (Lipinski definition) is 3. The molecule has 0 aliphatic carbocycles. The van der Waals surface area contributed by atoms with E-state index in [2.05, 4.69) is 22.6 Å². The Morgan fingerprint density at radius 1 is 1.27 bits per heavy atom. The van der Waals surface area contributed by atoms with Crippen molar-refractivity contribution in [1.82, 2.24) is 16.1 Å². The van der Waals surface area contributed by atoms with Gasteiger partial charge in [-0.15, -0.1) is 12.6 Å². The second-order valence-corrected chi connectivity index (χ2v) is 2.50. The highest BCUT2D eigenvalue weighted by Crippen LogP contribution is 2.11. The van der Waals surface area contributed by atoms with Crippen LogP contribution in [0.2, 0.25) is 0 Å². The van der Waals surface area contributed by atoms with E-state index in [1.165, 1.54) is 0 Å². The van der Waals surface area contributed by atoms with Gasteiger partial charge in [0.2, 0.25) is 0 Å². The summed E-state index contributed by atoms with van der Waals surface area (Å²) in [6.07, 6.45) is 0. The third-order valence-corrected chi connectivity index (χ3v) is 1.59. The molecule has 0 bridgehead atoms. The van der Waals surface area contributed by atoms with Gasteiger partial charge in [-0.1, -0.05) is 12.1 Å². The van der Waals surface area contributed by atoms with Gasteiger partial charge in [0.05, 0.1) is 11.0 Å². The SMILES string of the molecule is N.Sc1nc2ccccc2[nH]1. The molecule has 0 saturated heterocycles. The predicted molar refractivity (Wildman–Crippen MR) is 48.4 cm³/mol. The van der Waals surface area contributed by atoms with E-state index < -0.39 is 0 Å². The molecule has 2 aromatic rings. The molecular formula is C7H9N3S. The van der Waals surface area contributed by atoms with Crippen molar-refractivity contribution in [3.8, 4) is 0 Å². The number of nitrogens with one attached hydrogen (secondary N) is 1. The second kappa shape index (κ2) is 2.94. The number of H-pyrrole nitrogens is 1. The molecule has 58 valence electrons. The highest BCUT2D eigenvalue weighted by atomic mass is 32.1. The molecule has 0 atom stereocenters. The molecule has 11 heavy (non-hydrogen) atoms. The van der Waals surface area contributed by atoms with Crippen molar-refractivity contribution in [2.45, 2.75) is 5.16 Å². The first-order valence-corrected chi connectivity index (χ1v) is 3.45.